The molecule has 0 fully saturated rings. The van der Waals surface area contributed by atoms with E-state index < -0.39 is 0 Å². The molecule has 0 bridgehead atoms. The van der Waals surface area contributed by atoms with Crippen LogP contribution in [0, 0.1) is 5.41 Å². The van der Waals surface area contributed by atoms with E-state index in [9.17, 15) is 5.11 Å². The minimum absolute atomic E-state index is 0.187. The Morgan fingerprint density at radius 2 is 2.00 bits per heavy atom. The first kappa shape index (κ1) is 13.3. The van der Waals surface area contributed by atoms with E-state index in [1.54, 1.807) is 6.07 Å². The highest BCUT2D eigenvalue weighted by Crippen LogP contribution is 2.26. The average Bonchev–Trinajstić information content (AvgIpc) is 2.17. The molecule has 0 saturated heterocycles. The number of phenolic OH excluding ortho intramolecular Hbond substituents is 1. The SMILES string of the molecule is CC(C)(C)CCNCc1cccc(Cl)c1O. The van der Waals surface area contributed by atoms with Crippen LogP contribution in [0.4, 0.5) is 0 Å². The van der Waals surface area contributed by atoms with Crippen molar-refractivity contribution >= 4 is 11.6 Å². The van der Waals surface area contributed by atoms with Crippen LogP contribution in [0.1, 0.15) is 32.8 Å². The molecule has 0 aliphatic rings. The molecule has 0 atom stereocenters. The van der Waals surface area contributed by atoms with Crippen molar-refractivity contribution in [2.24, 2.45) is 5.41 Å². The van der Waals surface area contributed by atoms with E-state index in [2.05, 4.69) is 26.1 Å². The molecule has 90 valence electrons. The summed E-state index contributed by atoms with van der Waals surface area (Å²) in [6.07, 6.45) is 1.11. The molecule has 0 amide bonds. The Morgan fingerprint density at radius 1 is 1.31 bits per heavy atom. The average molecular weight is 242 g/mol. The molecule has 0 aliphatic carbocycles. The third kappa shape index (κ3) is 4.42. The Labute approximate surface area is 103 Å². The van der Waals surface area contributed by atoms with Crippen molar-refractivity contribution in [3.05, 3.63) is 28.8 Å². The van der Waals surface area contributed by atoms with E-state index in [4.69, 9.17) is 11.6 Å². The Balaban J connectivity index is 2.41. The van der Waals surface area contributed by atoms with Crippen LogP contribution in [-0.4, -0.2) is 11.7 Å². The van der Waals surface area contributed by atoms with E-state index in [0.29, 0.717) is 17.0 Å². The number of hydrogen-bond donors (Lipinski definition) is 2. The van der Waals surface area contributed by atoms with Crippen molar-refractivity contribution in [2.45, 2.75) is 33.7 Å². The van der Waals surface area contributed by atoms with Gasteiger partial charge in [0, 0.05) is 12.1 Å². The van der Waals surface area contributed by atoms with E-state index in [1.807, 2.05) is 12.1 Å². The molecule has 0 unspecified atom stereocenters. The highest BCUT2D eigenvalue weighted by Gasteiger charge is 2.09. The predicted molar refractivity (Wildman–Crippen MR) is 68.9 cm³/mol. The van der Waals surface area contributed by atoms with Crippen LogP contribution in [0.25, 0.3) is 0 Å². The van der Waals surface area contributed by atoms with Crippen LogP contribution in [0.5, 0.6) is 5.75 Å². The van der Waals surface area contributed by atoms with E-state index in [1.165, 1.54) is 0 Å². The minimum atomic E-state index is 0.187. The molecule has 3 heteroatoms. The van der Waals surface area contributed by atoms with Gasteiger partial charge >= 0.3 is 0 Å². The summed E-state index contributed by atoms with van der Waals surface area (Å²) >= 11 is 5.82. The lowest BCUT2D eigenvalue weighted by Gasteiger charge is -2.18. The number of para-hydroxylation sites is 1. The van der Waals surface area contributed by atoms with Crippen molar-refractivity contribution in [1.82, 2.24) is 5.32 Å². The molecule has 0 aliphatic heterocycles. The van der Waals surface area contributed by atoms with Gasteiger partial charge in [-0.25, -0.2) is 0 Å². The van der Waals surface area contributed by atoms with Crippen molar-refractivity contribution in [3.8, 4) is 5.75 Å². The first-order valence-electron chi connectivity index (χ1n) is 5.57. The quantitative estimate of drug-likeness (QED) is 0.790. The number of aromatic hydroxyl groups is 1. The summed E-state index contributed by atoms with van der Waals surface area (Å²) in [7, 11) is 0. The van der Waals surface area contributed by atoms with Crippen LogP contribution >= 0.6 is 11.6 Å². The summed E-state index contributed by atoms with van der Waals surface area (Å²) in [5.41, 5.74) is 1.19. The lowest BCUT2D eigenvalue weighted by Crippen LogP contribution is -2.20. The summed E-state index contributed by atoms with van der Waals surface area (Å²) in [6.45, 7) is 8.24. The molecular formula is C13H20ClNO. The van der Waals surface area contributed by atoms with Crippen LogP contribution < -0.4 is 5.32 Å². The summed E-state index contributed by atoms with van der Waals surface area (Å²) in [6, 6.07) is 5.42. The minimum Gasteiger partial charge on any atom is -0.506 e. The normalized spacial score (nSPS) is 11.8. The predicted octanol–water partition coefficient (Wildman–Crippen LogP) is 3.57. The van der Waals surface area contributed by atoms with Gasteiger partial charge in [-0.2, -0.15) is 0 Å². The molecule has 2 N–H and O–H groups in total. The Bertz CT molecular complexity index is 344. The van der Waals surface area contributed by atoms with Gasteiger partial charge in [0.1, 0.15) is 5.75 Å². The second-order valence-electron chi connectivity index (χ2n) is 5.24. The monoisotopic (exact) mass is 241 g/mol. The topological polar surface area (TPSA) is 32.3 Å². The van der Waals surface area contributed by atoms with Gasteiger partial charge < -0.3 is 10.4 Å². The molecule has 0 heterocycles. The first-order chi connectivity index (χ1) is 7.40. The fourth-order valence-corrected chi connectivity index (χ4v) is 1.58. The molecular weight excluding hydrogens is 222 g/mol. The third-order valence-electron chi connectivity index (χ3n) is 2.44. The largest absolute Gasteiger partial charge is 0.506 e. The number of hydrogen-bond acceptors (Lipinski definition) is 2. The zero-order valence-electron chi connectivity index (χ0n) is 10.2. The molecule has 16 heavy (non-hydrogen) atoms. The number of nitrogens with one attached hydrogen (secondary N) is 1. The first-order valence-corrected chi connectivity index (χ1v) is 5.95. The smallest absolute Gasteiger partial charge is 0.138 e. The maximum Gasteiger partial charge on any atom is 0.138 e. The van der Waals surface area contributed by atoms with Crippen molar-refractivity contribution in [2.75, 3.05) is 6.54 Å². The van der Waals surface area contributed by atoms with E-state index in [0.717, 1.165) is 18.5 Å². The number of rotatable bonds is 4. The molecule has 2 nitrogen and oxygen atoms in total. The van der Waals surface area contributed by atoms with Gasteiger partial charge in [-0.05, 0) is 24.4 Å². The van der Waals surface area contributed by atoms with Gasteiger partial charge in [-0.3, -0.25) is 0 Å². The zero-order valence-corrected chi connectivity index (χ0v) is 10.9. The molecule has 0 aromatic heterocycles. The molecule has 0 saturated carbocycles. The highest BCUT2D eigenvalue weighted by molar-refractivity contribution is 6.32. The van der Waals surface area contributed by atoms with Gasteiger partial charge in [0.05, 0.1) is 5.02 Å². The lowest BCUT2D eigenvalue weighted by atomic mass is 9.92. The van der Waals surface area contributed by atoms with Crippen molar-refractivity contribution in [3.63, 3.8) is 0 Å². The second kappa shape index (κ2) is 5.55. The highest BCUT2D eigenvalue weighted by atomic mass is 35.5. The van der Waals surface area contributed by atoms with Crippen LogP contribution in [0.15, 0.2) is 18.2 Å². The maximum absolute atomic E-state index is 9.68. The fraction of sp³-hybridized carbons (Fsp3) is 0.538. The van der Waals surface area contributed by atoms with Crippen LogP contribution in [-0.2, 0) is 6.54 Å². The number of halogens is 1. The van der Waals surface area contributed by atoms with Crippen molar-refractivity contribution < 1.29 is 5.11 Å². The number of phenols is 1. The van der Waals surface area contributed by atoms with E-state index >= 15 is 0 Å². The van der Waals surface area contributed by atoms with Gasteiger partial charge in [0.15, 0.2) is 0 Å². The summed E-state index contributed by atoms with van der Waals surface area (Å²) < 4.78 is 0. The zero-order chi connectivity index (χ0) is 12.2. The van der Waals surface area contributed by atoms with Gasteiger partial charge in [0.25, 0.3) is 0 Å². The third-order valence-corrected chi connectivity index (χ3v) is 2.74. The van der Waals surface area contributed by atoms with Crippen LogP contribution in [0.2, 0.25) is 5.02 Å². The Kier molecular flexibility index (Phi) is 4.63. The molecule has 1 aromatic rings. The Hall–Kier alpha value is -0.730. The van der Waals surface area contributed by atoms with Crippen molar-refractivity contribution in [1.29, 1.82) is 0 Å². The molecule has 0 radical (unpaired) electrons. The maximum atomic E-state index is 9.68. The van der Waals surface area contributed by atoms with Gasteiger partial charge in [0.2, 0.25) is 0 Å². The van der Waals surface area contributed by atoms with Gasteiger partial charge in [-0.15, -0.1) is 0 Å². The Morgan fingerprint density at radius 3 is 2.62 bits per heavy atom. The van der Waals surface area contributed by atoms with Gasteiger partial charge in [-0.1, -0.05) is 44.5 Å². The molecule has 1 aromatic carbocycles. The lowest BCUT2D eigenvalue weighted by molar-refractivity contribution is 0.365. The standard InChI is InChI=1S/C13H20ClNO/c1-13(2,3)7-8-15-9-10-5-4-6-11(14)12(10)16/h4-6,15-16H,7-9H2,1-3H3. The summed E-state index contributed by atoms with van der Waals surface area (Å²) in [4.78, 5) is 0. The molecule has 0 spiro atoms. The summed E-state index contributed by atoms with van der Waals surface area (Å²) in [5, 5.41) is 13.4. The fourth-order valence-electron chi connectivity index (χ4n) is 1.39. The second-order valence-corrected chi connectivity index (χ2v) is 5.64. The molecule has 1 rings (SSSR count). The van der Waals surface area contributed by atoms with Crippen LogP contribution in [0.3, 0.4) is 0 Å². The number of benzene rings is 1. The van der Waals surface area contributed by atoms with E-state index in [-0.39, 0.29) is 5.75 Å². The summed E-state index contributed by atoms with van der Waals surface area (Å²) in [5.74, 6) is 0.187.